The average Bonchev–Trinajstić information content (AvgIpc) is 2.41. The Kier molecular flexibility index (Phi) is 4.22. The van der Waals surface area contributed by atoms with Gasteiger partial charge in [0.2, 0.25) is 0 Å². The maximum atomic E-state index is 13.6. The first-order valence-electron chi connectivity index (χ1n) is 5.96. The molecule has 4 heteroatoms. The van der Waals surface area contributed by atoms with Crippen molar-refractivity contribution in [2.75, 3.05) is 11.9 Å². The molecule has 1 atom stereocenters. The molecule has 0 fully saturated rings. The second-order valence-electron chi connectivity index (χ2n) is 4.62. The standard InChI is InChI=1S/C15H15BrFNO/c1-15(19,11-5-3-2-4-6-11)10-18-14-9-12(16)7-8-13(14)17/h2-9,18-19H,10H2,1H3. The maximum Gasteiger partial charge on any atom is 0.146 e. The van der Waals surface area contributed by atoms with Crippen molar-refractivity contribution in [2.45, 2.75) is 12.5 Å². The van der Waals surface area contributed by atoms with Crippen LogP contribution in [0.1, 0.15) is 12.5 Å². The lowest BCUT2D eigenvalue weighted by Crippen LogP contribution is -2.30. The fourth-order valence-corrected chi connectivity index (χ4v) is 2.16. The lowest BCUT2D eigenvalue weighted by Gasteiger charge is -2.25. The van der Waals surface area contributed by atoms with Gasteiger partial charge in [0.05, 0.1) is 5.69 Å². The van der Waals surface area contributed by atoms with Crippen LogP contribution in [0.2, 0.25) is 0 Å². The highest BCUT2D eigenvalue weighted by Gasteiger charge is 2.22. The smallest absolute Gasteiger partial charge is 0.146 e. The Morgan fingerprint density at radius 2 is 1.89 bits per heavy atom. The molecule has 0 aliphatic heterocycles. The molecule has 2 nitrogen and oxygen atoms in total. The number of benzene rings is 2. The molecule has 2 rings (SSSR count). The molecule has 0 heterocycles. The summed E-state index contributed by atoms with van der Waals surface area (Å²) in [6.07, 6.45) is 0. The van der Waals surface area contributed by atoms with Crippen LogP contribution in [0.25, 0.3) is 0 Å². The van der Waals surface area contributed by atoms with Crippen LogP contribution < -0.4 is 5.32 Å². The van der Waals surface area contributed by atoms with Gasteiger partial charge in [0, 0.05) is 11.0 Å². The Bertz CT molecular complexity index is 557. The highest BCUT2D eigenvalue weighted by Crippen LogP contribution is 2.24. The zero-order valence-corrected chi connectivity index (χ0v) is 12.1. The number of rotatable bonds is 4. The number of hydrogen-bond donors (Lipinski definition) is 2. The highest BCUT2D eigenvalue weighted by atomic mass is 79.9. The Balaban J connectivity index is 2.12. The summed E-state index contributed by atoms with van der Waals surface area (Å²) in [4.78, 5) is 0. The fourth-order valence-electron chi connectivity index (χ4n) is 1.80. The summed E-state index contributed by atoms with van der Waals surface area (Å²) in [6.45, 7) is 1.93. The third-order valence-electron chi connectivity index (χ3n) is 2.95. The Morgan fingerprint density at radius 3 is 2.58 bits per heavy atom. The Hall–Kier alpha value is -1.39. The van der Waals surface area contributed by atoms with Crippen LogP contribution in [-0.2, 0) is 5.60 Å². The minimum absolute atomic E-state index is 0.227. The first kappa shape index (κ1) is 14.0. The molecule has 0 amide bonds. The van der Waals surface area contributed by atoms with Gasteiger partial charge in [-0.15, -0.1) is 0 Å². The molecular weight excluding hydrogens is 309 g/mol. The van der Waals surface area contributed by atoms with E-state index < -0.39 is 5.60 Å². The lowest BCUT2D eigenvalue weighted by atomic mass is 9.96. The van der Waals surface area contributed by atoms with Gasteiger partial charge in [-0.1, -0.05) is 46.3 Å². The maximum absolute atomic E-state index is 13.6. The van der Waals surface area contributed by atoms with Gasteiger partial charge >= 0.3 is 0 Å². The molecule has 2 N–H and O–H groups in total. The number of anilines is 1. The molecule has 2 aromatic rings. The van der Waals surface area contributed by atoms with E-state index in [1.807, 2.05) is 30.3 Å². The summed E-state index contributed by atoms with van der Waals surface area (Å²) in [7, 11) is 0. The lowest BCUT2D eigenvalue weighted by molar-refractivity contribution is 0.0715. The largest absolute Gasteiger partial charge is 0.384 e. The minimum Gasteiger partial charge on any atom is -0.384 e. The summed E-state index contributed by atoms with van der Waals surface area (Å²) in [6, 6.07) is 14.0. The molecule has 0 saturated carbocycles. The van der Waals surface area contributed by atoms with Gasteiger partial charge < -0.3 is 10.4 Å². The molecule has 0 aliphatic carbocycles. The molecule has 1 unspecified atom stereocenters. The quantitative estimate of drug-likeness (QED) is 0.894. The molecule has 19 heavy (non-hydrogen) atoms. The molecule has 2 aromatic carbocycles. The van der Waals surface area contributed by atoms with E-state index in [9.17, 15) is 9.50 Å². The predicted octanol–water partition coefficient (Wildman–Crippen LogP) is 3.91. The topological polar surface area (TPSA) is 32.3 Å². The van der Waals surface area contributed by atoms with Gasteiger partial charge in [-0.3, -0.25) is 0 Å². The monoisotopic (exact) mass is 323 g/mol. The van der Waals surface area contributed by atoms with Crippen molar-refractivity contribution >= 4 is 21.6 Å². The number of nitrogens with one attached hydrogen (secondary N) is 1. The van der Waals surface area contributed by atoms with Gasteiger partial charge in [-0.05, 0) is 30.7 Å². The van der Waals surface area contributed by atoms with E-state index >= 15 is 0 Å². The first-order chi connectivity index (χ1) is 8.99. The number of hydrogen-bond acceptors (Lipinski definition) is 2. The summed E-state index contributed by atoms with van der Waals surface area (Å²) >= 11 is 3.29. The fraction of sp³-hybridized carbons (Fsp3) is 0.200. The van der Waals surface area contributed by atoms with Crippen LogP contribution in [0.5, 0.6) is 0 Å². The summed E-state index contributed by atoms with van der Waals surface area (Å²) in [5.41, 5.74) is 0.0965. The number of halogens is 2. The van der Waals surface area contributed by atoms with Gasteiger partial charge in [-0.2, -0.15) is 0 Å². The highest BCUT2D eigenvalue weighted by molar-refractivity contribution is 9.10. The zero-order valence-electron chi connectivity index (χ0n) is 10.5. The van der Waals surface area contributed by atoms with Crippen LogP contribution in [0.3, 0.4) is 0 Å². The Labute approximate surface area is 120 Å². The molecular formula is C15H15BrFNO. The van der Waals surface area contributed by atoms with Crippen molar-refractivity contribution in [1.82, 2.24) is 0 Å². The van der Waals surface area contributed by atoms with Crippen LogP contribution in [0.4, 0.5) is 10.1 Å². The molecule has 100 valence electrons. The first-order valence-corrected chi connectivity index (χ1v) is 6.75. The van der Waals surface area contributed by atoms with Crippen molar-refractivity contribution < 1.29 is 9.50 Å². The molecule has 0 aliphatic rings. The zero-order chi connectivity index (χ0) is 13.9. The molecule has 0 radical (unpaired) electrons. The Morgan fingerprint density at radius 1 is 1.21 bits per heavy atom. The van der Waals surface area contributed by atoms with Crippen molar-refractivity contribution in [1.29, 1.82) is 0 Å². The van der Waals surface area contributed by atoms with Crippen LogP contribution in [0.15, 0.2) is 53.0 Å². The van der Waals surface area contributed by atoms with Gasteiger partial charge in [0.25, 0.3) is 0 Å². The summed E-state index contributed by atoms with van der Waals surface area (Å²) in [5.74, 6) is -0.341. The summed E-state index contributed by atoms with van der Waals surface area (Å²) in [5, 5.41) is 13.3. The predicted molar refractivity (Wildman–Crippen MR) is 78.6 cm³/mol. The molecule has 0 spiro atoms. The second kappa shape index (κ2) is 5.72. The van der Waals surface area contributed by atoms with Gasteiger partial charge in [0.1, 0.15) is 11.4 Å². The van der Waals surface area contributed by atoms with Crippen LogP contribution >= 0.6 is 15.9 Å². The third kappa shape index (κ3) is 3.55. The van der Waals surface area contributed by atoms with Crippen molar-refractivity contribution in [3.63, 3.8) is 0 Å². The average molecular weight is 324 g/mol. The van der Waals surface area contributed by atoms with Crippen molar-refractivity contribution in [3.05, 3.63) is 64.4 Å². The van der Waals surface area contributed by atoms with E-state index in [4.69, 9.17) is 0 Å². The molecule has 0 aromatic heterocycles. The molecule has 0 bridgehead atoms. The number of aliphatic hydroxyl groups is 1. The van der Waals surface area contributed by atoms with E-state index in [1.54, 1.807) is 19.1 Å². The minimum atomic E-state index is -1.06. The van der Waals surface area contributed by atoms with Crippen molar-refractivity contribution in [2.24, 2.45) is 0 Å². The normalized spacial score (nSPS) is 13.9. The van der Waals surface area contributed by atoms with E-state index in [-0.39, 0.29) is 12.4 Å². The van der Waals surface area contributed by atoms with Gasteiger partial charge in [-0.25, -0.2) is 4.39 Å². The van der Waals surface area contributed by atoms with Crippen LogP contribution in [-0.4, -0.2) is 11.7 Å². The summed E-state index contributed by atoms with van der Waals surface area (Å²) < 4.78 is 14.4. The second-order valence-corrected chi connectivity index (χ2v) is 5.53. The molecule has 0 saturated heterocycles. The van der Waals surface area contributed by atoms with E-state index in [2.05, 4.69) is 21.2 Å². The van der Waals surface area contributed by atoms with E-state index in [1.165, 1.54) is 6.07 Å². The van der Waals surface area contributed by atoms with Crippen molar-refractivity contribution in [3.8, 4) is 0 Å². The van der Waals surface area contributed by atoms with E-state index in [0.29, 0.717) is 5.69 Å². The van der Waals surface area contributed by atoms with E-state index in [0.717, 1.165) is 10.0 Å². The SMILES string of the molecule is CC(O)(CNc1cc(Br)ccc1F)c1ccccc1. The third-order valence-corrected chi connectivity index (χ3v) is 3.44. The van der Waals surface area contributed by atoms with Crippen LogP contribution in [0, 0.1) is 5.82 Å². The van der Waals surface area contributed by atoms with Gasteiger partial charge in [0.15, 0.2) is 0 Å².